The molecule has 0 aliphatic heterocycles. The fourth-order valence-electron chi connectivity index (χ4n) is 1.47. The second-order valence-electron chi connectivity index (χ2n) is 3.49. The van der Waals surface area contributed by atoms with Crippen molar-refractivity contribution in [2.75, 3.05) is 17.6 Å². The number of nitrogens with two attached hydrogens (primary N) is 1. The number of nitrogen functional groups attached to an aromatic ring is 1. The van der Waals surface area contributed by atoms with E-state index in [-0.39, 0.29) is 5.82 Å². The lowest BCUT2D eigenvalue weighted by atomic mass is 10.2. The second-order valence-corrected chi connectivity index (χ2v) is 3.49. The molecule has 0 aliphatic carbocycles. The van der Waals surface area contributed by atoms with Crippen molar-refractivity contribution in [2.24, 2.45) is 0 Å². The third-order valence-corrected chi connectivity index (χ3v) is 2.28. The Hall–Kier alpha value is -1.97. The van der Waals surface area contributed by atoms with Crippen LogP contribution in [-0.4, -0.2) is 6.54 Å². The highest BCUT2D eigenvalue weighted by atomic mass is 19.1. The van der Waals surface area contributed by atoms with Crippen molar-refractivity contribution >= 4 is 11.4 Å². The summed E-state index contributed by atoms with van der Waals surface area (Å²) in [6.07, 6.45) is 2.41. The minimum Gasteiger partial charge on any atom is -0.469 e. The van der Waals surface area contributed by atoms with Crippen molar-refractivity contribution < 1.29 is 8.81 Å². The lowest BCUT2D eigenvalue weighted by Gasteiger charge is -2.08. The van der Waals surface area contributed by atoms with Gasteiger partial charge in [0, 0.05) is 13.0 Å². The SMILES string of the molecule is Nc1cc(F)ccc1NCCc1ccco1. The van der Waals surface area contributed by atoms with E-state index in [4.69, 9.17) is 10.2 Å². The van der Waals surface area contributed by atoms with E-state index in [2.05, 4.69) is 5.32 Å². The Morgan fingerprint density at radius 1 is 1.31 bits per heavy atom. The highest BCUT2D eigenvalue weighted by molar-refractivity contribution is 5.65. The molecule has 2 rings (SSSR count). The van der Waals surface area contributed by atoms with Crippen molar-refractivity contribution in [2.45, 2.75) is 6.42 Å². The number of rotatable bonds is 4. The van der Waals surface area contributed by atoms with Crippen molar-refractivity contribution in [3.63, 3.8) is 0 Å². The molecule has 0 saturated carbocycles. The first-order valence-electron chi connectivity index (χ1n) is 5.07. The lowest BCUT2D eigenvalue weighted by Crippen LogP contribution is -2.06. The summed E-state index contributed by atoms with van der Waals surface area (Å²) in [6, 6.07) is 8.07. The Labute approximate surface area is 93.1 Å². The standard InChI is InChI=1S/C12H13FN2O/c13-9-3-4-12(11(14)8-9)15-6-5-10-2-1-7-16-10/h1-4,7-8,15H,5-6,14H2. The summed E-state index contributed by atoms with van der Waals surface area (Å²) >= 11 is 0. The fourth-order valence-corrected chi connectivity index (χ4v) is 1.47. The molecule has 0 fully saturated rings. The number of benzene rings is 1. The van der Waals surface area contributed by atoms with Crippen LogP contribution in [0.2, 0.25) is 0 Å². The van der Waals surface area contributed by atoms with Crippen LogP contribution < -0.4 is 11.1 Å². The molecule has 16 heavy (non-hydrogen) atoms. The average molecular weight is 220 g/mol. The minimum atomic E-state index is -0.325. The molecular formula is C12H13FN2O. The molecule has 3 N–H and O–H groups in total. The maximum Gasteiger partial charge on any atom is 0.125 e. The number of halogens is 1. The Morgan fingerprint density at radius 3 is 2.88 bits per heavy atom. The van der Waals surface area contributed by atoms with E-state index in [1.165, 1.54) is 12.1 Å². The highest BCUT2D eigenvalue weighted by Gasteiger charge is 2.00. The van der Waals surface area contributed by atoms with E-state index in [1.807, 2.05) is 12.1 Å². The van der Waals surface area contributed by atoms with Crippen molar-refractivity contribution in [3.05, 3.63) is 48.2 Å². The van der Waals surface area contributed by atoms with Crippen molar-refractivity contribution in [1.29, 1.82) is 0 Å². The first-order chi connectivity index (χ1) is 7.75. The third-order valence-electron chi connectivity index (χ3n) is 2.28. The van der Waals surface area contributed by atoms with E-state index in [0.29, 0.717) is 12.2 Å². The number of anilines is 2. The van der Waals surface area contributed by atoms with Gasteiger partial charge in [0.05, 0.1) is 17.6 Å². The predicted octanol–water partition coefficient (Wildman–Crippen LogP) is 2.66. The van der Waals surface area contributed by atoms with Gasteiger partial charge in [-0.05, 0) is 30.3 Å². The van der Waals surface area contributed by atoms with Gasteiger partial charge in [-0.1, -0.05) is 0 Å². The summed E-state index contributed by atoms with van der Waals surface area (Å²) in [5.41, 5.74) is 6.81. The normalized spacial score (nSPS) is 10.3. The molecular weight excluding hydrogens is 207 g/mol. The van der Waals surface area contributed by atoms with Crippen LogP contribution in [0.25, 0.3) is 0 Å². The van der Waals surface area contributed by atoms with Crippen molar-refractivity contribution in [3.8, 4) is 0 Å². The summed E-state index contributed by atoms with van der Waals surface area (Å²) < 4.78 is 18.0. The molecule has 0 atom stereocenters. The zero-order valence-corrected chi connectivity index (χ0v) is 8.74. The van der Waals surface area contributed by atoms with Gasteiger partial charge < -0.3 is 15.5 Å². The van der Waals surface area contributed by atoms with Gasteiger partial charge in [-0.15, -0.1) is 0 Å². The third kappa shape index (κ3) is 2.53. The molecule has 3 nitrogen and oxygen atoms in total. The van der Waals surface area contributed by atoms with E-state index in [9.17, 15) is 4.39 Å². The average Bonchev–Trinajstić information content (AvgIpc) is 2.74. The molecule has 0 radical (unpaired) electrons. The van der Waals surface area contributed by atoms with Crippen LogP contribution in [0.15, 0.2) is 41.0 Å². The molecule has 0 saturated heterocycles. The van der Waals surface area contributed by atoms with Gasteiger partial charge in [0.15, 0.2) is 0 Å². The molecule has 0 aliphatic rings. The van der Waals surface area contributed by atoms with E-state index < -0.39 is 0 Å². The number of hydrogen-bond acceptors (Lipinski definition) is 3. The maximum absolute atomic E-state index is 12.8. The van der Waals surface area contributed by atoms with Gasteiger partial charge in [0.1, 0.15) is 11.6 Å². The molecule has 1 aromatic heterocycles. The molecule has 0 unspecified atom stereocenters. The van der Waals surface area contributed by atoms with Crippen LogP contribution in [0.1, 0.15) is 5.76 Å². The molecule has 0 spiro atoms. The van der Waals surface area contributed by atoms with E-state index in [1.54, 1.807) is 12.3 Å². The lowest BCUT2D eigenvalue weighted by molar-refractivity contribution is 0.513. The molecule has 1 aromatic carbocycles. The van der Waals surface area contributed by atoms with Crippen molar-refractivity contribution in [1.82, 2.24) is 0 Å². The Morgan fingerprint density at radius 2 is 2.19 bits per heavy atom. The van der Waals surface area contributed by atoms with Gasteiger partial charge in [-0.3, -0.25) is 0 Å². The highest BCUT2D eigenvalue weighted by Crippen LogP contribution is 2.18. The largest absolute Gasteiger partial charge is 0.469 e. The van der Waals surface area contributed by atoms with Crippen LogP contribution in [-0.2, 0) is 6.42 Å². The quantitative estimate of drug-likeness (QED) is 0.779. The van der Waals surface area contributed by atoms with Crippen LogP contribution in [0.3, 0.4) is 0 Å². The summed E-state index contributed by atoms with van der Waals surface area (Å²) in [7, 11) is 0. The van der Waals surface area contributed by atoms with Gasteiger partial charge in [-0.2, -0.15) is 0 Å². The van der Waals surface area contributed by atoms with Gasteiger partial charge >= 0.3 is 0 Å². The molecule has 0 amide bonds. The van der Waals surface area contributed by atoms with Crippen LogP contribution in [0.4, 0.5) is 15.8 Å². The minimum absolute atomic E-state index is 0.325. The second kappa shape index (κ2) is 4.70. The topological polar surface area (TPSA) is 51.2 Å². The zero-order chi connectivity index (χ0) is 11.4. The molecule has 0 bridgehead atoms. The smallest absolute Gasteiger partial charge is 0.125 e. The van der Waals surface area contributed by atoms with Crippen LogP contribution >= 0.6 is 0 Å². The Balaban J connectivity index is 1.90. The van der Waals surface area contributed by atoms with Crippen LogP contribution in [0.5, 0.6) is 0 Å². The Kier molecular flexibility index (Phi) is 3.10. The van der Waals surface area contributed by atoms with Gasteiger partial charge in [0.2, 0.25) is 0 Å². The first kappa shape index (κ1) is 10.5. The molecule has 84 valence electrons. The molecule has 4 heteroatoms. The summed E-state index contributed by atoms with van der Waals surface area (Å²) in [6.45, 7) is 0.698. The maximum atomic E-state index is 12.8. The van der Waals surface area contributed by atoms with Crippen LogP contribution in [0, 0.1) is 5.82 Å². The molecule has 2 aromatic rings. The summed E-state index contributed by atoms with van der Waals surface area (Å²) in [5, 5.41) is 3.13. The predicted molar refractivity (Wildman–Crippen MR) is 61.7 cm³/mol. The number of hydrogen-bond donors (Lipinski definition) is 2. The van der Waals surface area contributed by atoms with Gasteiger partial charge in [0.25, 0.3) is 0 Å². The summed E-state index contributed by atoms with van der Waals surface area (Å²) in [5.74, 6) is 0.585. The number of nitrogens with one attached hydrogen (secondary N) is 1. The summed E-state index contributed by atoms with van der Waals surface area (Å²) in [4.78, 5) is 0. The monoisotopic (exact) mass is 220 g/mol. The zero-order valence-electron chi connectivity index (χ0n) is 8.74. The first-order valence-corrected chi connectivity index (χ1v) is 5.07. The number of furan rings is 1. The fraction of sp³-hybridized carbons (Fsp3) is 0.167. The van der Waals surface area contributed by atoms with Gasteiger partial charge in [-0.25, -0.2) is 4.39 Å². The van der Waals surface area contributed by atoms with E-state index in [0.717, 1.165) is 17.9 Å². The Bertz CT molecular complexity index is 454. The van der Waals surface area contributed by atoms with E-state index >= 15 is 0 Å². The molecule has 1 heterocycles.